The fourth-order valence-corrected chi connectivity index (χ4v) is 4.23. The summed E-state index contributed by atoms with van der Waals surface area (Å²) in [7, 11) is 1.37. The van der Waals surface area contributed by atoms with Gasteiger partial charge in [-0.15, -0.1) is 11.3 Å². The van der Waals surface area contributed by atoms with Crippen LogP contribution in [0.3, 0.4) is 0 Å². The van der Waals surface area contributed by atoms with Gasteiger partial charge in [-0.05, 0) is 30.3 Å². The van der Waals surface area contributed by atoms with Gasteiger partial charge in [0, 0.05) is 41.7 Å². The number of rotatable bonds is 2. The maximum Gasteiger partial charge on any atom is 0.337 e. The highest BCUT2D eigenvalue weighted by molar-refractivity contribution is 7.17. The highest BCUT2D eigenvalue weighted by Gasteiger charge is 2.26. The Kier molecular flexibility index (Phi) is 4.01. The zero-order valence-corrected chi connectivity index (χ0v) is 15.0. The Hall–Kier alpha value is -2.31. The fourth-order valence-electron chi connectivity index (χ4n) is 3.22. The first-order valence-corrected chi connectivity index (χ1v) is 9.02. The molecule has 7 heteroatoms. The normalized spacial score (nSPS) is 13.8. The molecule has 1 N–H and O–H groups in total. The van der Waals surface area contributed by atoms with Crippen LogP contribution in [0.1, 0.15) is 31.3 Å². The fraction of sp³-hybridized carbons (Fsp3) is 0.222. The number of esters is 1. The summed E-state index contributed by atoms with van der Waals surface area (Å²) in [6.45, 7) is 1.16. The van der Waals surface area contributed by atoms with E-state index in [2.05, 4.69) is 4.98 Å². The van der Waals surface area contributed by atoms with Crippen LogP contribution in [0.25, 0.3) is 10.9 Å². The number of carbonyl (C=O) groups is 2. The molecule has 0 aliphatic carbocycles. The van der Waals surface area contributed by atoms with Crippen molar-refractivity contribution in [1.29, 1.82) is 0 Å². The molecule has 1 aliphatic rings. The average Bonchev–Trinajstić information content (AvgIpc) is 3.22. The lowest BCUT2D eigenvalue weighted by molar-refractivity contribution is 0.0600. The average molecular weight is 375 g/mol. The summed E-state index contributed by atoms with van der Waals surface area (Å²) in [6.07, 6.45) is 0.752. The second kappa shape index (κ2) is 6.20. The molecule has 128 valence electrons. The summed E-state index contributed by atoms with van der Waals surface area (Å²) in [6, 6.07) is 8.95. The zero-order valence-electron chi connectivity index (χ0n) is 13.5. The zero-order chi connectivity index (χ0) is 17.6. The van der Waals surface area contributed by atoms with E-state index in [1.165, 1.54) is 18.4 Å². The van der Waals surface area contributed by atoms with E-state index in [9.17, 15) is 9.59 Å². The maximum absolute atomic E-state index is 12.7. The summed E-state index contributed by atoms with van der Waals surface area (Å²) < 4.78 is 5.41. The molecule has 25 heavy (non-hydrogen) atoms. The molecule has 5 nitrogen and oxygen atoms in total. The molecule has 2 aromatic heterocycles. The van der Waals surface area contributed by atoms with Gasteiger partial charge in [-0.3, -0.25) is 4.79 Å². The number of nitrogens with zero attached hydrogens (tertiary/aromatic N) is 1. The number of nitrogens with one attached hydrogen (secondary N) is 1. The molecule has 1 amide bonds. The molecule has 0 spiro atoms. The monoisotopic (exact) mass is 374 g/mol. The standard InChI is InChI=1S/C18H15ClN2O3S/c1-24-18(23)10-2-3-13-11(8-10)12-9-21(7-6-14(12)20-13)17(22)15-4-5-16(19)25-15/h2-5,8,20H,6-7,9H2,1H3. The highest BCUT2D eigenvalue weighted by atomic mass is 35.5. The van der Waals surface area contributed by atoms with Gasteiger partial charge in [0.15, 0.2) is 0 Å². The molecular weight excluding hydrogens is 360 g/mol. The minimum Gasteiger partial charge on any atom is -0.465 e. The van der Waals surface area contributed by atoms with Crippen LogP contribution in [0, 0.1) is 0 Å². The lowest BCUT2D eigenvalue weighted by Crippen LogP contribution is -2.35. The highest BCUT2D eigenvalue weighted by Crippen LogP contribution is 2.30. The van der Waals surface area contributed by atoms with Crippen LogP contribution in [-0.2, 0) is 17.7 Å². The number of aromatic nitrogens is 1. The topological polar surface area (TPSA) is 62.4 Å². The van der Waals surface area contributed by atoms with Crippen molar-refractivity contribution < 1.29 is 14.3 Å². The van der Waals surface area contributed by atoms with E-state index < -0.39 is 0 Å². The largest absolute Gasteiger partial charge is 0.465 e. The molecule has 0 saturated heterocycles. The van der Waals surface area contributed by atoms with Crippen LogP contribution in [0.15, 0.2) is 30.3 Å². The minimum absolute atomic E-state index is 0.0129. The van der Waals surface area contributed by atoms with Gasteiger partial charge in [-0.25, -0.2) is 4.79 Å². The molecular formula is C18H15ClN2O3S. The van der Waals surface area contributed by atoms with Gasteiger partial charge in [-0.2, -0.15) is 0 Å². The Bertz CT molecular complexity index is 992. The van der Waals surface area contributed by atoms with Gasteiger partial charge in [0.2, 0.25) is 0 Å². The third-order valence-corrected chi connectivity index (χ3v) is 5.69. The maximum atomic E-state index is 12.7. The Morgan fingerprint density at radius 1 is 1.28 bits per heavy atom. The predicted molar refractivity (Wildman–Crippen MR) is 97.4 cm³/mol. The van der Waals surface area contributed by atoms with Gasteiger partial charge < -0.3 is 14.6 Å². The van der Waals surface area contributed by atoms with Crippen molar-refractivity contribution in [3.05, 3.63) is 56.4 Å². The Morgan fingerprint density at radius 3 is 2.84 bits per heavy atom. The smallest absolute Gasteiger partial charge is 0.337 e. The van der Waals surface area contributed by atoms with Gasteiger partial charge >= 0.3 is 5.97 Å². The van der Waals surface area contributed by atoms with E-state index in [1.807, 2.05) is 17.0 Å². The van der Waals surface area contributed by atoms with Crippen LogP contribution < -0.4 is 0 Å². The molecule has 4 rings (SSSR count). The number of hydrogen-bond acceptors (Lipinski definition) is 4. The van der Waals surface area contributed by atoms with E-state index in [0.717, 1.165) is 28.6 Å². The van der Waals surface area contributed by atoms with E-state index in [4.69, 9.17) is 16.3 Å². The Balaban J connectivity index is 1.69. The lowest BCUT2D eigenvalue weighted by Gasteiger charge is -2.26. The Labute approximate surface area is 153 Å². The number of halogens is 1. The van der Waals surface area contributed by atoms with Crippen molar-refractivity contribution in [3.8, 4) is 0 Å². The van der Waals surface area contributed by atoms with E-state index in [1.54, 1.807) is 18.2 Å². The number of methoxy groups -OCH3 is 1. The molecule has 0 fully saturated rings. The minimum atomic E-state index is -0.367. The lowest BCUT2D eigenvalue weighted by atomic mass is 10.0. The van der Waals surface area contributed by atoms with Gasteiger partial charge in [0.25, 0.3) is 5.91 Å². The van der Waals surface area contributed by atoms with E-state index in [-0.39, 0.29) is 11.9 Å². The molecule has 3 heterocycles. The number of benzene rings is 1. The van der Waals surface area contributed by atoms with Crippen LogP contribution in [0.4, 0.5) is 0 Å². The van der Waals surface area contributed by atoms with Crippen molar-refractivity contribution in [3.63, 3.8) is 0 Å². The van der Waals surface area contributed by atoms with Crippen LogP contribution in [0.5, 0.6) is 0 Å². The van der Waals surface area contributed by atoms with E-state index in [0.29, 0.717) is 27.9 Å². The van der Waals surface area contributed by atoms with Crippen molar-refractivity contribution in [2.24, 2.45) is 0 Å². The number of fused-ring (bicyclic) bond motifs is 3. The quantitative estimate of drug-likeness (QED) is 0.692. The molecule has 0 unspecified atom stereocenters. The number of ether oxygens (including phenoxy) is 1. The summed E-state index contributed by atoms with van der Waals surface area (Å²) in [5.74, 6) is -0.380. The number of carbonyl (C=O) groups excluding carboxylic acids is 2. The van der Waals surface area contributed by atoms with Crippen LogP contribution >= 0.6 is 22.9 Å². The van der Waals surface area contributed by atoms with Crippen molar-refractivity contribution in [2.75, 3.05) is 13.7 Å². The molecule has 0 saturated carbocycles. The molecule has 0 atom stereocenters. The summed E-state index contributed by atoms with van der Waals surface area (Å²) in [5.41, 5.74) is 3.64. The van der Waals surface area contributed by atoms with Crippen LogP contribution in [0.2, 0.25) is 4.34 Å². The second-order valence-corrected chi connectivity index (χ2v) is 7.63. The van der Waals surface area contributed by atoms with E-state index >= 15 is 0 Å². The molecule has 3 aromatic rings. The number of H-pyrrole nitrogens is 1. The third kappa shape index (κ3) is 2.81. The first-order chi connectivity index (χ1) is 12.1. The molecule has 0 radical (unpaired) electrons. The van der Waals surface area contributed by atoms with Gasteiger partial charge in [-0.1, -0.05) is 11.6 Å². The number of thiophene rings is 1. The van der Waals surface area contributed by atoms with Crippen LogP contribution in [-0.4, -0.2) is 35.4 Å². The first-order valence-electron chi connectivity index (χ1n) is 7.83. The van der Waals surface area contributed by atoms with Crippen molar-refractivity contribution in [1.82, 2.24) is 9.88 Å². The van der Waals surface area contributed by atoms with Crippen molar-refractivity contribution in [2.45, 2.75) is 13.0 Å². The van der Waals surface area contributed by atoms with Crippen molar-refractivity contribution >= 4 is 45.7 Å². The predicted octanol–water partition coefficient (Wildman–Crippen LogP) is 3.87. The number of amides is 1. The van der Waals surface area contributed by atoms with Gasteiger partial charge in [0.1, 0.15) is 0 Å². The third-order valence-electron chi connectivity index (χ3n) is 4.47. The molecule has 0 bridgehead atoms. The number of aromatic amines is 1. The molecule has 1 aromatic carbocycles. The SMILES string of the molecule is COC(=O)c1ccc2[nH]c3c(c2c1)CN(C(=O)c1ccc(Cl)s1)CC3. The second-order valence-electron chi connectivity index (χ2n) is 5.91. The number of hydrogen-bond donors (Lipinski definition) is 1. The Morgan fingerprint density at radius 2 is 2.12 bits per heavy atom. The molecule has 1 aliphatic heterocycles. The summed E-state index contributed by atoms with van der Waals surface area (Å²) in [5, 5.41) is 0.958. The summed E-state index contributed by atoms with van der Waals surface area (Å²) in [4.78, 5) is 30.4. The summed E-state index contributed by atoms with van der Waals surface area (Å²) >= 11 is 7.24. The van der Waals surface area contributed by atoms with Gasteiger partial charge in [0.05, 0.1) is 21.9 Å². The first kappa shape index (κ1) is 16.2.